The number of nitrogens with zero attached hydrogens (tertiary/aromatic N) is 2. The monoisotopic (exact) mass is 453 g/mol. The van der Waals surface area contributed by atoms with E-state index < -0.39 is 23.2 Å². The number of hydrogen-bond acceptors (Lipinski definition) is 5. The van der Waals surface area contributed by atoms with Gasteiger partial charge in [-0.1, -0.05) is 0 Å². The van der Waals surface area contributed by atoms with Crippen LogP contribution in [0.15, 0.2) is 18.3 Å². The Labute approximate surface area is 183 Å². The van der Waals surface area contributed by atoms with Gasteiger partial charge in [0.25, 0.3) is 0 Å². The molecule has 174 valence electrons. The molecule has 1 aliphatic heterocycles. The zero-order chi connectivity index (χ0) is 22.7. The van der Waals surface area contributed by atoms with Crippen molar-refractivity contribution in [3.8, 4) is 5.88 Å². The van der Waals surface area contributed by atoms with E-state index in [4.69, 9.17) is 15.2 Å². The fourth-order valence-electron chi connectivity index (χ4n) is 6.44. The molecule has 0 radical (unpaired) electrons. The molecule has 2 amide bonds. The summed E-state index contributed by atoms with van der Waals surface area (Å²) in [6.45, 7) is 0.734. The van der Waals surface area contributed by atoms with E-state index >= 15 is 0 Å². The Balaban J connectivity index is 1.16. The summed E-state index contributed by atoms with van der Waals surface area (Å²) >= 11 is 0. The van der Waals surface area contributed by atoms with Crippen molar-refractivity contribution in [2.45, 2.75) is 56.9 Å². The minimum atomic E-state index is -4.45. The molecule has 5 aliphatic rings. The summed E-state index contributed by atoms with van der Waals surface area (Å²) in [7, 11) is 0. The molecule has 3 unspecified atom stereocenters. The molecule has 10 heteroatoms. The molecule has 3 atom stereocenters. The highest BCUT2D eigenvalue weighted by atomic mass is 19.4. The number of hydrogen-bond donors (Lipinski definition) is 1. The number of carbonyl (C=O) groups is 2. The Bertz CT molecular complexity index is 891. The standard InChI is InChI=1S/C22H26F3N3O4/c23-22(24,25)15-1-2-17(27-10-15)31-16-3-4-28(11-16)20(30)32-18-13-5-12-6-14(18)9-21(7-12,8-13)19(26)29/h1-2,10,12-14,16,18H,3-9,11H2,(H2,26,29)/t12?,13?,14?,16?,18-,21-. The first-order valence-electron chi connectivity index (χ1n) is 11.1. The highest BCUT2D eigenvalue weighted by Gasteiger charge is 2.59. The molecule has 0 spiro atoms. The molecule has 4 aliphatic carbocycles. The second-order valence-electron chi connectivity index (χ2n) is 9.82. The van der Waals surface area contributed by atoms with Gasteiger partial charge in [-0.2, -0.15) is 13.2 Å². The van der Waals surface area contributed by atoms with Crippen LogP contribution in [0.1, 0.15) is 44.1 Å². The molecule has 4 saturated carbocycles. The predicted octanol–water partition coefficient (Wildman–Crippen LogP) is 3.37. The number of aromatic nitrogens is 1. The molecule has 1 aromatic rings. The van der Waals surface area contributed by atoms with E-state index in [1.807, 2.05) is 0 Å². The molecule has 0 aromatic carbocycles. The van der Waals surface area contributed by atoms with E-state index in [-0.39, 0.29) is 42.4 Å². The van der Waals surface area contributed by atoms with E-state index in [9.17, 15) is 22.8 Å². The minimum absolute atomic E-state index is 0.0935. The van der Waals surface area contributed by atoms with Crippen LogP contribution >= 0.6 is 0 Å². The number of nitrogens with two attached hydrogens (primary N) is 1. The van der Waals surface area contributed by atoms with E-state index in [1.165, 1.54) is 6.07 Å². The lowest BCUT2D eigenvalue weighted by Gasteiger charge is -2.58. The lowest BCUT2D eigenvalue weighted by atomic mass is 9.48. The maximum Gasteiger partial charge on any atom is 0.417 e. The second-order valence-corrected chi connectivity index (χ2v) is 9.82. The zero-order valence-corrected chi connectivity index (χ0v) is 17.5. The molecule has 2 heterocycles. The van der Waals surface area contributed by atoms with Crippen LogP contribution in [0.3, 0.4) is 0 Å². The molecular formula is C22H26F3N3O4. The van der Waals surface area contributed by atoms with Crippen LogP contribution in [0.4, 0.5) is 18.0 Å². The van der Waals surface area contributed by atoms with Gasteiger partial charge < -0.3 is 20.1 Å². The van der Waals surface area contributed by atoms with Crippen molar-refractivity contribution in [1.82, 2.24) is 9.88 Å². The largest absolute Gasteiger partial charge is 0.472 e. The first-order valence-corrected chi connectivity index (χ1v) is 11.1. The maximum atomic E-state index is 12.8. The van der Waals surface area contributed by atoms with Gasteiger partial charge in [0, 0.05) is 25.2 Å². The SMILES string of the molecule is NC(=O)[C@]12CC3CC(C1)[C@@H](OC(=O)N1CCC(Oc4ccc(C(F)(F)F)cn4)C1)C(C3)C2. The number of rotatable bonds is 4. The minimum Gasteiger partial charge on any atom is -0.472 e. The number of likely N-dealkylation sites (tertiary alicyclic amines) is 1. The van der Waals surface area contributed by atoms with Crippen LogP contribution in [-0.4, -0.2) is 47.2 Å². The number of ether oxygens (including phenoxy) is 2. The van der Waals surface area contributed by atoms with Crippen molar-refractivity contribution in [3.63, 3.8) is 0 Å². The van der Waals surface area contributed by atoms with Crippen LogP contribution in [-0.2, 0) is 15.7 Å². The third kappa shape index (κ3) is 3.77. The number of amides is 2. The summed E-state index contributed by atoms with van der Waals surface area (Å²) in [5.41, 5.74) is 4.45. The Morgan fingerprint density at radius 2 is 1.88 bits per heavy atom. The summed E-state index contributed by atoms with van der Waals surface area (Å²) < 4.78 is 49.6. The first-order chi connectivity index (χ1) is 15.1. The van der Waals surface area contributed by atoms with Gasteiger partial charge in [0.2, 0.25) is 11.8 Å². The molecular weight excluding hydrogens is 427 g/mol. The lowest BCUT2D eigenvalue weighted by Crippen LogP contribution is -2.59. The van der Waals surface area contributed by atoms with Gasteiger partial charge in [0.15, 0.2) is 0 Å². The smallest absolute Gasteiger partial charge is 0.417 e. The van der Waals surface area contributed by atoms with Crippen molar-refractivity contribution in [1.29, 1.82) is 0 Å². The molecule has 7 nitrogen and oxygen atoms in total. The molecule has 1 saturated heterocycles. The number of primary amides is 1. The summed E-state index contributed by atoms with van der Waals surface area (Å²) in [6, 6.07) is 2.11. The van der Waals surface area contributed by atoms with Crippen molar-refractivity contribution in [3.05, 3.63) is 23.9 Å². The Kier molecular flexibility index (Phi) is 5.01. The third-order valence-electron chi connectivity index (χ3n) is 7.70. The van der Waals surface area contributed by atoms with Crippen molar-refractivity contribution >= 4 is 12.0 Å². The number of halogens is 3. The van der Waals surface area contributed by atoms with Gasteiger partial charge in [0.05, 0.1) is 17.5 Å². The van der Waals surface area contributed by atoms with Crippen LogP contribution in [0.2, 0.25) is 0 Å². The molecule has 5 fully saturated rings. The second kappa shape index (κ2) is 7.52. The summed E-state index contributed by atoms with van der Waals surface area (Å²) in [4.78, 5) is 30.2. The van der Waals surface area contributed by atoms with Crippen molar-refractivity contribution < 1.29 is 32.2 Å². The summed E-state index contributed by atoms with van der Waals surface area (Å²) in [5, 5.41) is 0. The van der Waals surface area contributed by atoms with Crippen LogP contribution in [0.5, 0.6) is 5.88 Å². The molecule has 32 heavy (non-hydrogen) atoms. The quantitative estimate of drug-likeness (QED) is 0.754. The third-order valence-corrected chi connectivity index (χ3v) is 7.70. The molecule has 2 N–H and O–H groups in total. The van der Waals surface area contributed by atoms with E-state index in [2.05, 4.69) is 4.98 Å². The predicted molar refractivity (Wildman–Crippen MR) is 105 cm³/mol. The highest BCUT2D eigenvalue weighted by Crippen LogP contribution is 2.60. The van der Waals surface area contributed by atoms with Gasteiger partial charge in [-0.25, -0.2) is 9.78 Å². The topological polar surface area (TPSA) is 94.8 Å². The fraction of sp³-hybridized carbons (Fsp3) is 0.682. The average Bonchev–Trinajstić information content (AvgIpc) is 3.18. The van der Waals surface area contributed by atoms with Gasteiger partial charge in [-0.3, -0.25) is 4.79 Å². The van der Waals surface area contributed by atoms with Gasteiger partial charge >= 0.3 is 12.3 Å². The number of carbonyl (C=O) groups excluding carboxylic acids is 2. The Hall–Kier alpha value is -2.52. The summed E-state index contributed by atoms with van der Waals surface area (Å²) in [6.07, 6.45) is 0.0617. The van der Waals surface area contributed by atoms with Crippen LogP contribution < -0.4 is 10.5 Å². The van der Waals surface area contributed by atoms with Gasteiger partial charge in [-0.05, 0) is 55.9 Å². The molecule has 4 bridgehead atoms. The number of alkyl halides is 3. The van der Waals surface area contributed by atoms with E-state index in [0.717, 1.165) is 31.5 Å². The fourth-order valence-corrected chi connectivity index (χ4v) is 6.44. The van der Waals surface area contributed by atoms with Gasteiger partial charge in [-0.15, -0.1) is 0 Å². The normalized spacial score (nSPS) is 35.7. The Morgan fingerprint density at radius 3 is 2.47 bits per heavy atom. The Morgan fingerprint density at radius 1 is 1.16 bits per heavy atom. The van der Waals surface area contributed by atoms with E-state index in [0.29, 0.717) is 31.7 Å². The maximum absolute atomic E-state index is 12.8. The first kappa shape index (κ1) is 21.3. The van der Waals surface area contributed by atoms with Crippen molar-refractivity contribution in [2.75, 3.05) is 13.1 Å². The van der Waals surface area contributed by atoms with Crippen molar-refractivity contribution in [2.24, 2.45) is 28.9 Å². The summed E-state index contributed by atoms with van der Waals surface area (Å²) in [5.74, 6) is 0.692. The molecule has 1 aromatic heterocycles. The average molecular weight is 453 g/mol. The number of pyridine rings is 1. The van der Waals surface area contributed by atoms with Crippen LogP contribution in [0, 0.1) is 23.2 Å². The zero-order valence-electron chi connectivity index (χ0n) is 17.5. The highest BCUT2D eigenvalue weighted by molar-refractivity contribution is 5.81. The molecule has 6 rings (SSSR count). The van der Waals surface area contributed by atoms with E-state index in [1.54, 1.807) is 4.90 Å². The van der Waals surface area contributed by atoms with Gasteiger partial charge in [0.1, 0.15) is 12.2 Å². The lowest BCUT2D eigenvalue weighted by molar-refractivity contribution is -0.161. The van der Waals surface area contributed by atoms with Crippen LogP contribution in [0.25, 0.3) is 0 Å².